The number of fused-ring (bicyclic) bond motifs is 3. The molecular formula is C25H30N5O3+. The molecule has 0 radical (unpaired) electrons. The van der Waals surface area contributed by atoms with E-state index in [9.17, 15) is 9.90 Å². The highest BCUT2D eigenvalue weighted by atomic mass is 16.5. The Labute approximate surface area is 193 Å². The van der Waals surface area contributed by atoms with Gasteiger partial charge < -0.3 is 20.1 Å². The van der Waals surface area contributed by atoms with E-state index in [1.54, 1.807) is 25.3 Å². The average Bonchev–Trinajstić information content (AvgIpc) is 3.31. The molecule has 3 saturated heterocycles. The summed E-state index contributed by atoms with van der Waals surface area (Å²) >= 11 is 0. The van der Waals surface area contributed by atoms with Gasteiger partial charge in [-0.2, -0.15) is 0 Å². The maximum Gasteiger partial charge on any atom is 0.229 e. The maximum atomic E-state index is 13.0. The number of aromatic nitrogens is 3. The largest absolute Gasteiger partial charge is 0.508 e. The second-order valence-corrected chi connectivity index (χ2v) is 9.11. The lowest BCUT2D eigenvalue weighted by atomic mass is 9.75. The van der Waals surface area contributed by atoms with Crippen LogP contribution in [0.2, 0.25) is 0 Å². The molecule has 3 aromatic rings. The highest BCUT2D eigenvalue weighted by molar-refractivity contribution is 5.79. The third-order valence-electron chi connectivity index (χ3n) is 7.12. The van der Waals surface area contributed by atoms with Crippen LogP contribution in [0, 0.1) is 11.8 Å². The Kier molecular flexibility index (Phi) is 6.00. The van der Waals surface area contributed by atoms with Gasteiger partial charge in [0.1, 0.15) is 23.2 Å². The molecule has 3 aliphatic rings. The lowest BCUT2D eigenvalue weighted by molar-refractivity contribution is -0.945. The fraction of sp³-hybridized carbons (Fsp3) is 0.400. The van der Waals surface area contributed by atoms with Gasteiger partial charge in [-0.25, -0.2) is 4.68 Å². The van der Waals surface area contributed by atoms with E-state index >= 15 is 0 Å². The lowest BCUT2D eigenvalue weighted by Gasteiger charge is -2.46. The van der Waals surface area contributed by atoms with Crippen LogP contribution in [0.5, 0.6) is 11.5 Å². The number of piperidine rings is 3. The molecule has 3 fully saturated rings. The molecule has 8 nitrogen and oxygen atoms in total. The first-order valence-electron chi connectivity index (χ1n) is 11.5. The molecule has 8 heteroatoms. The average molecular weight is 449 g/mol. The number of ether oxygens (including phenoxy) is 1. The minimum atomic E-state index is 0.0540. The third-order valence-corrected chi connectivity index (χ3v) is 7.12. The van der Waals surface area contributed by atoms with Crippen molar-refractivity contribution in [1.82, 2.24) is 20.3 Å². The number of benzene rings is 2. The van der Waals surface area contributed by atoms with Crippen molar-refractivity contribution in [2.45, 2.75) is 32.0 Å². The maximum absolute atomic E-state index is 13.0. The molecule has 3 N–H and O–H groups in total. The van der Waals surface area contributed by atoms with E-state index in [0.29, 0.717) is 18.5 Å². The van der Waals surface area contributed by atoms with Crippen molar-refractivity contribution in [2.24, 2.45) is 11.8 Å². The van der Waals surface area contributed by atoms with Gasteiger partial charge in [0.25, 0.3) is 0 Å². The van der Waals surface area contributed by atoms with Crippen molar-refractivity contribution in [3.05, 3.63) is 60.3 Å². The van der Waals surface area contributed by atoms with E-state index < -0.39 is 0 Å². The number of carbonyl (C=O) groups is 1. The number of rotatable bonds is 7. The molecular weight excluding hydrogens is 418 g/mol. The summed E-state index contributed by atoms with van der Waals surface area (Å²) in [6, 6.07) is 15.3. The second-order valence-electron chi connectivity index (χ2n) is 9.11. The Balaban J connectivity index is 1.19. The summed E-state index contributed by atoms with van der Waals surface area (Å²) < 4.78 is 7.30. The number of nitrogens with one attached hydrogen (secondary N) is 2. The summed E-state index contributed by atoms with van der Waals surface area (Å²) in [6.07, 6.45) is 4.04. The summed E-state index contributed by atoms with van der Waals surface area (Å²) in [7, 11) is 1.65. The third kappa shape index (κ3) is 4.57. The molecule has 1 amide bonds. The van der Waals surface area contributed by atoms with Gasteiger partial charge in [0.15, 0.2) is 0 Å². The molecule has 0 spiro atoms. The summed E-state index contributed by atoms with van der Waals surface area (Å²) in [5, 5.41) is 21.5. The fourth-order valence-corrected chi connectivity index (χ4v) is 5.39. The van der Waals surface area contributed by atoms with Crippen LogP contribution in [0.15, 0.2) is 54.7 Å². The number of hydrogen-bond donors (Lipinski definition) is 3. The highest BCUT2D eigenvalue weighted by Gasteiger charge is 2.46. The minimum Gasteiger partial charge on any atom is -0.508 e. The van der Waals surface area contributed by atoms with Crippen LogP contribution >= 0.6 is 0 Å². The SMILES string of the molecule is COc1ccccc1CNC(=O)[C@H]1C[NH+]2CC[C@H]1C[C@@H]2Cn1cc(-c2cccc(O)c2)nn1. The minimum absolute atomic E-state index is 0.0540. The van der Waals surface area contributed by atoms with Crippen molar-refractivity contribution < 1.29 is 19.5 Å². The lowest BCUT2D eigenvalue weighted by Crippen LogP contribution is -3.20. The molecule has 2 aromatic carbocycles. The number of aromatic hydroxyl groups is 1. The smallest absolute Gasteiger partial charge is 0.229 e. The number of nitrogens with zero attached hydrogens (tertiary/aromatic N) is 3. The van der Waals surface area contributed by atoms with Crippen LogP contribution in [0.3, 0.4) is 0 Å². The molecule has 4 atom stereocenters. The van der Waals surface area contributed by atoms with Gasteiger partial charge in [0.05, 0.1) is 38.9 Å². The van der Waals surface area contributed by atoms with Gasteiger partial charge in [0, 0.05) is 30.5 Å². The van der Waals surface area contributed by atoms with Crippen LogP contribution in [0.1, 0.15) is 18.4 Å². The van der Waals surface area contributed by atoms with Crippen LogP contribution in [-0.4, -0.2) is 52.2 Å². The Hall–Kier alpha value is -3.39. The first-order valence-corrected chi connectivity index (χ1v) is 11.5. The van der Waals surface area contributed by atoms with E-state index in [-0.39, 0.29) is 17.6 Å². The molecule has 1 unspecified atom stereocenters. The van der Waals surface area contributed by atoms with Gasteiger partial charge in [-0.15, -0.1) is 5.10 Å². The van der Waals surface area contributed by atoms with Crippen LogP contribution in [0.4, 0.5) is 0 Å². The Morgan fingerprint density at radius 1 is 1.27 bits per heavy atom. The predicted octanol–water partition coefficient (Wildman–Crippen LogP) is 1.27. The van der Waals surface area contributed by atoms with Gasteiger partial charge in [-0.1, -0.05) is 35.5 Å². The molecule has 0 saturated carbocycles. The van der Waals surface area contributed by atoms with Crippen molar-refractivity contribution in [3.8, 4) is 22.8 Å². The van der Waals surface area contributed by atoms with Gasteiger partial charge in [-0.3, -0.25) is 4.79 Å². The van der Waals surface area contributed by atoms with E-state index in [4.69, 9.17) is 4.74 Å². The van der Waals surface area contributed by atoms with Crippen molar-refractivity contribution in [1.29, 1.82) is 0 Å². The Morgan fingerprint density at radius 2 is 2.15 bits per heavy atom. The summed E-state index contributed by atoms with van der Waals surface area (Å²) in [5.74, 6) is 1.62. The molecule has 1 aromatic heterocycles. The Bertz CT molecular complexity index is 1130. The molecule has 6 rings (SSSR count). The second kappa shape index (κ2) is 9.23. The highest BCUT2D eigenvalue weighted by Crippen LogP contribution is 2.28. The van der Waals surface area contributed by atoms with E-state index in [2.05, 4.69) is 15.6 Å². The molecule has 2 bridgehead atoms. The number of carbonyl (C=O) groups excluding carboxylic acids is 1. The van der Waals surface area contributed by atoms with Gasteiger partial charge >= 0.3 is 0 Å². The molecule has 33 heavy (non-hydrogen) atoms. The molecule has 0 aliphatic carbocycles. The predicted molar refractivity (Wildman–Crippen MR) is 123 cm³/mol. The normalized spacial score (nSPS) is 23.9. The van der Waals surface area contributed by atoms with Crippen molar-refractivity contribution >= 4 is 5.91 Å². The van der Waals surface area contributed by atoms with E-state index in [0.717, 1.165) is 55.0 Å². The summed E-state index contributed by atoms with van der Waals surface area (Å²) in [5.41, 5.74) is 2.60. The summed E-state index contributed by atoms with van der Waals surface area (Å²) in [4.78, 5) is 14.5. The van der Waals surface area contributed by atoms with E-state index in [1.165, 1.54) is 4.90 Å². The van der Waals surface area contributed by atoms with Crippen LogP contribution < -0.4 is 15.0 Å². The number of phenolic OH excluding ortho intramolecular Hbond substituents is 1. The number of amides is 1. The first-order chi connectivity index (χ1) is 16.1. The van der Waals surface area contributed by atoms with Crippen molar-refractivity contribution in [3.63, 3.8) is 0 Å². The number of quaternary nitrogens is 1. The monoisotopic (exact) mass is 448 g/mol. The van der Waals surface area contributed by atoms with Gasteiger partial charge in [-0.05, 0) is 24.1 Å². The standard InChI is InChI=1S/C25H29N5O3/c1-33-24-8-3-2-5-19(24)13-26-25(32)22-15-29-10-9-17(22)11-20(29)14-30-16-23(27-28-30)18-6-4-7-21(31)12-18/h2-8,12,16-17,20,22,31H,9-11,13-15H2,1H3,(H,26,32)/p+1/t17-,20+,22-/m0/s1. The number of para-hydroxylation sites is 1. The number of hydrogen-bond acceptors (Lipinski definition) is 5. The topological polar surface area (TPSA) is 93.7 Å². The molecule has 3 aliphatic heterocycles. The fourth-order valence-electron chi connectivity index (χ4n) is 5.39. The van der Waals surface area contributed by atoms with Crippen LogP contribution in [-0.2, 0) is 17.9 Å². The summed E-state index contributed by atoms with van der Waals surface area (Å²) in [6.45, 7) is 3.23. The van der Waals surface area contributed by atoms with Gasteiger partial charge in [0.2, 0.25) is 5.91 Å². The van der Waals surface area contributed by atoms with Crippen LogP contribution in [0.25, 0.3) is 11.3 Å². The molecule has 172 valence electrons. The molecule has 4 heterocycles. The zero-order valence-electron chi connectivity index (χ0n) is 18.8. The zero-order chi connectivity index (χ0) is 22.8. The number of phenols is 1. The van der Waals surface area contributed by atoms with Crippen molar-refractivity contribution in [2.75, 3.05) is 20.2 Å². The quantitative estimate of drug-likeness (QED) is 0.506. The van der Waals surface area contributed by atoms with E-state index in [1.807, 2.05) is 41.2 Å². The Morgan fingerprint density at radius 3 is 2.94 bits per heavy atom. The first kappa shape index (κ1) is 21.5. The zero-order valence-corrected chi connectivity index (χ0v) is 18.8. The number of methoxy groups -OCH3 is 1.